The molecule has 4 amide bonds. The first-order valence-corrected chi connectivity index (χ1v) is 13.1. The van der Waals surface area contributed by atoms with Crippen LogP contribution < -0.4 is 4.90 Å². The van der Waals surface area contributed by atoms with Gasteiger partial charge in [0.25, 0.3) is 11.8 Å². The number of amides is 4. The van der Waals surface area contributed by atoms with Crippen LogP contribution in [0.2, 0.25) is 0 Å². The molecule has 3 fully saturated rings. The van der Waals surface area contributed by atoms with E-state index in [2.05, 4.69) is 6.58 Å². The van der Waals surface area contributed by atoms with Crippen molar-refractivity contribution < 1.29 is 24.3 Å². The van der Waals surface area contributed by atoms with Crippen LogP contribution in [0.25, 0.3) is 6.08 Å². The van der Waals surface area contributed by atoms with Gasteiger partial charge in [-0.25, -0.2) is 0 Å². The van der Waals surface area contributed by atoms with Crippen LogP contribution in [0.15, 0.2) is 66.8 Å². The first-order chi connectivity index (χ1) is 18.0. The van der Waals surface area contributed by atoms with Crippen LogP contribution in [-0.4, -0.2) is 50.4 Å². The lowest BCUT2D eigenvalue weighted by Crippen LogP contribution is -2.60. The number of anilines is 1. The van der Waals surface area contributed by atoms with Crippen molar-refractivity contribution >= 4 is 58.6 Å². The maximum absolute atomic E-state index is 13.9. The summed E-state index contributed by atoms with van der Waals surface area (Å²) in [6.45, 7) is 3.74. The molecule has 1 N–H and O–H groups in total. The molecular weight excluding hydrogens is 527 g/mol. The number of phenolic OH excluding ortho intramolecular Hbond substituents is 1. The molecule has 4 aliphatic rings. The summed E-state index contributed by atoms with van der Waals surface area (Å²) in [5, 5.41) is 9.89. The molecule has 6 rings (SSSR count). The van der Waals surface area contributed by atoms with E-state index in [9.17, 15) is 24.3 Å². The van der Waals surface area contributed by atoms with E-state index in [4.69, 9.17) is 23.2 Å². The summed E-state index contributed by atoms with van der Waals surface area (Å²) in [7, 11) is 1.35. The molecule has 0 radical (unpaired) electrons. The standard InChI is InChI=1S/C29H24Cl2N2O5/c1-3-15-4-8-17(9-5-15)33-24(35)20-13-12-19-21(22(20)25(33)36)14-28(30)26(37)32(2)27(38)29(28,31)23(19)16-6-10-18(34)11-7-16/h3-12,20-23,34H,1,13-14H2,2H3. The number of allylic oxidation sites excluding steroid dienone is 2. The Hall–Kier alpha value is -3.42. The molecule has 2 aliphatic heterocycles. The Kier molecular flexibility index (Phi) is 5.43. The Labute approximate surface area is 229 Å². The zero-order chi connectivity index (χ0) is 27.1. The van der Waals surface area contributed by atoms with Crippen molar-refractivity contribution in [3.05, 3.63) is 77.9 Å². The Morgan fingerprint density at radius 3 is 2.24 bits per heavy atom. The smallest absolute Gasteiger partial charge is 0.253 e. The van der Waals surface area contributed by atoms with E-state index in [0.717, 1.165) is 10.5 Å². The molecule has 2 aromatic rings. The van der Waals surface area contributed by atoms with E-state index >= 15 is 0 Å². The number of nitrogens with zero attached hydrogens (tertiary/aromatic N) is 2. The molecule has 6 atom stereocenters. The fraction of sp³-hybridized carbons (Fsp3) is 0.310. The van der Waals surface area contributed by atoms with Gasteiger partial charge in [0.1, 0.15) is 5.75 Å². The van der Waals surface area contributed by atoms with Gasteiger partial charge in [0.2, 0.25) is 11.8 Å². The molecular formula is C29H24Cl2N2O5. The normalized spacial score (nSPS) is 34.1. The number of hydrogen-bond acceptors (Lipinski definition) is 5. The van der Waals surface area contributed by atoms with Crippen molar-refractivity contribution in [3.63, 3.8) is 0 Å². The summed E-state index contributed by atoms with van der Waals surface area (Å²) in [6.07, 6.45) is 3.79. The van der Waals surface area contributed by atoms with E-state index in [1.54, 1.807) is 42.5 Å². The Balaban J connectivity index is 1.49. The second-order valence-electron chi connectivity index (χ2n) is 10.4. The lowest BCUT2D eigenvalue weighted by molar-refractivity contribution is -0.138. The van der Waals surface area contributed by atoms with Gasteiger partial charge in [-0.05, 0) is 54.2 Å². The molecule has 7 nitrogen and oxygen atoms in total. The monoisotopic (exact) mass is 550 g/mol. The topological polar surface area (TPSA) is 95.0 Å². The van der Waals surface area contributed by atoms with Crippen molar-refractivity contribution in [2.75, 3.05) is 11.9 Å². The molecule has 0 spiro atoms. The van der Waals surface area contributed by atoms with Crippen molar-refractivity contribution in [2.45, 2.75) is 28.5 Å². The Bertz CT molecular complexity index is 1450. The molecule has 38 heavy (non-hydrogen) atoms. The fourth-order valence-electron chi connectivity index (χ4n) is 6.80. The number of likely N-dealkylation sites (tertiary alicyclic amines) is 1. The summed E-state index contributed by atoms with van der Waals surface area (Å²) < 4.78 is 0. The molecule has 2 aliphatic carbocycles. The van der Waals surface area contributed by atoms with Crippen LogP contribution in [0.3, 0.4) is 0 Å². The number of carbonyl (C=O) groups excluding carboxylic acids is 4. The quantitative estimate of drug-likeness (QED) is 0.350. The summed E-state index contributed by atoms with van der Waals surface area (Å²) >= 11 is 14.2. The summed E-state index contributed by atoms with van der Waals surface area (Å²) in [6, 6.07) is 13.2. The molecule has 1 saturated carbocycles. The largest absolute Gasteiger partial charge is 0.508 e. The van der Waals surface area contributed by atoms with Crippen LogP contribution in [0.5, 0.6) is 5.75 Å². The van der Waals surface area contributed by atoms with Crippen LogP contribution in [0.4, 0.5) is 5.69 Å². The van der Waals surface area contributed by atoms with Crippen molar-refractivity contribution in [1.82, 2.24) is 4.90 Å². The van der Waals surface area contributed by atoms with Gasteiger partial charge in [-0.15, -0.1) is 23.2 Å². The van der Waals surface area contributed by atoms with Crippen LogP contribution in [0.1, 0.15) is 29.9 Å². The van der Waals surface area contributed by atoms with Gasteiger partial charge in [0.15, 0.2) is 9.75 Å². The van der Waals surface area contributed by atoms with Gasteiger partial charge in [-0.1, -0.05) is 48.6 Å². The molecule has 2 aromatic carbocycles. The van der Waals surface area contributed by atoms with Gasteiger partial charge in [-0.2, -0.15) is 0 Å². The van der Waals surface area contributed by atoms with Gasteiger partial charge in [0.05, 0.1) is 17.5 Å². The number of rotatable bonds is 3. The van der Waals surface area contributed by atoms with Crippen LogP contribution >= 0.6 is 23.2 Å². The van der Waals surface area contributed by atoms with Crippen molar-refractivity contribution in [2.24, 2.45) is 17.8 Å². The van der Waals surface area contributed by atoms with E-state index in [-0.39, 0.29) is 30.4 Å². The number of fused-ring (bicyclic) bond motifs is 4. The minimum absolute atomic E-state index is 0.0279. The first-order valence-electron chi connectivity index (χ1n) is 12.3. The number of phenols is 1. The maximum Gasteiger partial charge on any atom is 0.253 e. The average Bonchev–Trinajstić information content (AvgIpc) is 3.24. The number of benzene rings is 2. The lowest BCUT2D eigenvalue weighted by atomic mass is 9.56. The predicted molar refractivity (Wildman–Crippen MR) is 143 cm³/mol. The van der Waals surface area contributed by atoms with Gasteiger partial charge in [0, 0.05) is 13.0 Å². The molecule has 0 aromatic heterocycles. The van der Waals surface area contributed by atoms with E-state index in [1.807, 2.05) is 6.08 Å². The number of imide groups is 2. The highest BCUT2D eigenvalue weighted by molar-refractivity contribution is 6.53. The number of carbonyl (C=O) groups is 4. The lowest BCUT2D eigenvalue weighted by Gasteiger charge is -2.50. The molecule has 194 valence electrons. The zero-order valence-electron chi connectivity index (χ0n) is 20.4. The minimum Gasteiger partial charge on any atom is -0.508 e. The third kappa shape index (κ3) is 3.03. The van der Waals surface area contributed by atoms with Crippen LogP contribution in [0, 0.1) is 17.8 Å². The molecule has 0 bridgehead atoms. The predicted octanol–water partition coefficient (Wildman–Crippen LogP) is 4.23. The Morgan fingerprint density at radius 2 is 1.61 bits per heavy atom. The summed E-state index contributed by atoms with van der Waals surface area (Å²) in [4.78, 5) is 52.9. The number of aromatic hydroxyl groups is 1. The van der Waals surface area contributed by atoms with E-state index < -0.39 is 45.2 Å². The molecule has 6 unspecified atom stereocenters. The minimum atomic E-state index is -1.83. The molecule has 9 heteroatoms. The van der Waals surface area contributed by atoms with Crippen molar-refractivity contribution in [1.29, 1.82) is 0 Å². The highest BCUT2D eigenvalue weighted by Gasteiger charge is 2.75. The number of halogens is 2. The van der Waals surface area contributed by atoms with Gasteiger partial charge >= 0.3 is 0 Å². The second kappa shape index (κ2) is 8.29. The molecule has 2 saturated heterocycles. The first kappa shape index (κ1) is 24.9. The summed E-state index contributed by atoms with van der Waals surface area (Å²) in [5.41, 5.74) is 2.62. The second-order valence-corrected chi connectivity index (χ2v) is 11.6. The third-order valence-corrected chi connectivity index (χ3v) is 10.0. The van der Waals surface area contributed by atoms with E-state index in [0.29, 0.717) is 16.8 Å². The third-order valence-electron chi connectivity index (χ3n) is 8.63. The van der Waals surface area contributed by atoms with Crippen LogP contribution in [-0.2, 0) is 19.2 Å². The molecule has 2 heterocycles. The Morgan fingerprint density at radius 1 is 0.947 bits per heavy atom. The summed E-state index contributed by atoms with van der Waals surface area (Å²) in [5.74, 6) is -4.69. The highest BCUT2D eigenvalue weighted by atomic mass is 35.5. The van der Waals surface area contributed by atoms with Gasteiger partial charge in [-0.3, -0.25) is 29.0 Å². The average molecular weight is 551 g/mol. The highest BCUT2D eigenvalue weighted by Crippen LogP contribution is 2.65. The van der Waals surface area contributed by atoms with Crippen molar-refractivity contribution in [3.8, 4) is 5.75 Å². The maximum atomic E-state index is 13.9. The fourth-order valence-corrected chi connectivity index (χ4v) is 7.82. The SMILES string of the molecule is C=Cc1ccc(N2C(=O)C3CC=C4C(CC5(Cl)C(=O)N(C)C(=O)C5(Cl)C4c4ccc(O)cc4)C3C2=O)cc1. The number of alkyl halides is 2. The number of hydrogen-bond donors (Lipinski definition) is 1. The van der Waals surface area contributed by atoms with Gasteiger partial charge < -0.3 is 5.11 Å². The van der Waals surface area contributed by atoms with E-state index in [1.165, 1.54) is 24.1 Å². The zero-order valence-corrected chi connectivity index (χ0v) is 21.9.